The van der Waals surface area contributed by atoms with Crippen LogP contribution >= 0.6 is 12.4 Å². The number of anilines is 1. The minimum Gasteiger partial charge on any atom is -0.495 e. The molecule has 10 heteroatoms. The number of halogens is 1. The summed E-state index contributed by atoms with van der Waals surface area (Å²) in [4.78, 5) is 14.5. The number of piperidine rings is 1. The zero-order valence-corrected chi connectivity index (χ0v) is 18.7. The van der Waals surface area contributed by atoms with Gasteiger partial charge in [-0.15, -0.1) is 12.4 Å². The van der Waals surface area contributed by atoms with E-state index in [-0.39, 0.29) is 47.0 Å². The van der Waals surface area contributed by atoms with E-state index in [0.29, 0.717) is 5.69 Å². The summed E-state index contributed by atoms with van der Waals surface area (Å²) in [6.45, 7) is 5.94. The third-order valence-electron chi connectivity index (χ3n) is 4.96. The molecule has 160 valence electrons. The van der Waals surface area contributed by atoms with Gasteiger partial charge in [-0.3, -0.25) is 9.69 Å². The number of nitrogens with two attached hydrogens (primary N) is 1. The average Bonchev–Trinajstić information content (AvgIpc) is 2.57. The maximum atomic E-state index is 12.5. The Morgan fingerprint density at radius 2 is 2.04 bits per heavy atom. The van der Waals surface area contributed by atoms with Gasteiger partial charge in [0.25, 0.3) is 0 Å². The van der Waals surface area contributed by atoms with Crippen LogP contribution < -0.4 is 15.8 Å². The Labute approximate surface area is 173 Å². The maximum Gasteiger partial charge on any atom is 0.246 e. The van der Waals surface area contributed by atoms with E-state index in [2.05, 4.69) is 24.1 Å². The molecular weight excluding hydrogens is 404 g/mol. The average molecular weight is 435 g/mol. The Morgan fingerprint density at radius 1 is 1.39 bits per heavy atom. The van der Waals surface area contributed by atoms with Gasteiger partial charge >= 0.3 is 0 Å². The lowest BCUT2D eigenvalue weighted by molar-refractivity contribution is -0.118. The van der Waals surface area contributed by atoms with Crippen molar-refractivity contribution in [1.82, 2.24) is 9.21 Å². The highest BCUT2D eigenvalue weighted by molar-refractivity contribution is 7.89. The molecule has 1 atom stereocenters. The zero-order valence-electron chi connectivity index (χ0n) is 17.1. The van der Waals surface area contributed by atoms with E-state index in [1.807, 2.05) is 0 Å². The SMILES string of the molecule is COc1ccc(NC(=O)CN2CCC(N)C(C)(C)C2)cc1S(=O)(=O)N(C)C.Cl. The number of hydrogen-bond donors (Lipinski definition) is 2. The first-order chi connectivity index (χ1) is 12.5. The first-order valence-corrected chi connectivity index (χ1v) is 10.3. The molecular formula is C18H31ClN4O4S. The summed E-state index contributed by atoms with van der Waals surface area (Å²) in [5.74, 6) is 0.0353. The molecule has 1 heterocycles. The van der Waals surface area contributed by atoms with Crippen molar-refractivity contribution in [2.75, 3.05) is 46.2 Å². The molecule has 0 bridgehead atoms. The van der Waals surface area contributed by atoms with Gasteiger partial charge in [-0.05, 0) is 30.0 Å². The Kier molecular flexibility index (Phi) is 8.28. The highest BCUT2D eigenvalue weighted by Crippen LogP contribution is 2.29. The molecule has 28 heavy (non-hydrogen) atoms. The second kappa shape index (κ2) is 9.41. The van der Waals surface area contributed by atoms with Gasteiger partial charge in [0, 0.05) is 38.9 Å². The summed E-state index contributed by atoms with van der Waals surface area (Å²) >= 11 is 0. The lowest BCUT2D eigenvalue weighted by Crippen LogP contribution is -2.53. The van der Waals surface area contributed by atoms with Gasteiger partial charge in [0.05, 0.1) is 13.7 Å². The number of hydrogen-bond acceptors (Lipinski definition) is 6. The summed E-state index contributed by atoms with van der Waals surface area (Å²) in [6, 6.07) is 4.70. The first-order valence-electron chi connectivity index (χ1n) is 8.86. The number of amides is 1. The fourth-order valence-corrected chi connectivity index (χ4v) is 4.25. The van der Waals surface area contributed by atoms with Gasteiger partial charge in [-0.1, -0.05) is 13.8 Å². The third kappa shape index (κ3) is 5.57. The zero-order chi connectivity index (χ0) is 20.4. The van der Waals surface area contributed by atoms with E-state index in [1.165, 1.54) is 33.3 Å². The van der Waals surface area contributed by atoms with Gasteiger partial charge in [-0.2, -0.15) is 0 Å². The molecule has 3 N–H and O–H groups in total. The van der Waals surface area contributed by atoms with E-state index in [0.717, 1.165) is 23.8 Å². The normalized spacial score (nSPS) is 19.8. The highest BCUT2D eigenvalue weighted by Gasteiger charge is 2.34. The van der Waals surface area contributed by atoms with E-state index in [9.17, 15) is 13.2 Å². The molecule has 0 radical (unpaired) electrons. The lowest BCUT2D eigenvalue weighted by atomic mass is 9.80. The van der Waals surface area contributed by atoms with Crippen molar-refractivity contribution in [3.63, 3.8) is 0 Å². The summed E-state index contributed by atoms with van der Waals surface area (Å²) in [7, 11) is 0.608. The fourth-order valence-electron chi connectivity index (χ4n) is 3.18. The minimum absolute atomic E-state index is 0. The van der Waals surface area contributed by atoms with Crippen molar-refractivity contribution >= 4 is 34.0 Å². The molecule has 1 aromatic rings. The van der Waals surface area contributed by atoms with E-state index < -0.39 is 10.0 Å². The number of likely N-dealkylation sites (tertiary alicyclic amines) is 1. The number of rotatable bonds is 6. The van der Waals surface area contributed by atoms with Gasteiger partial charge in [0.15, 0.2) is 0 Å². The molecule has 1 amide bonds. The summed E-state index contributed by atoms with van der Waals surface area (Å²) in [6.07, 6.45) is 0.841. The molecule has 8 nitrogen and oxygen atoms in total. The van der Waals surface area contributed by atoms with Crippen LogP contribution in [0.15, 0.2) is 23.1 Å². The molecule has 1 fully saturated rings. The largest absolute Gasteiger partial charge is 0.495 e. The van der Waals surface area contributed by atoms with Crippen LogP contribution in [0.3, 0.4) is 0 Å². The van der Waals surface area contributed by atoms with Crippen LogP contribution in [0.4, 0.5) is 5.69 Å². The predicted molar refractivity (Wildman–Crippen MR) is 113 cm³/mol. The number of carbonyl (C=O) groups is 1. The Hall–Kier alpha value is -1.39. The first kappa shape index (κ1) is 24.6. The van der Waals surface area contributed by atoms with Crippen LogP contribution in [0.25, 0.3) is 0 Å². The molecule has 0 aliphatic carbocycles. The summed E-state index contributed by atoms with van der Waals surface area (Å²) in [5.41, 5.74) is 6.50. The van der Waals surface area contributed by atoms with Crippen molar-refractivity contribution in [2.24, 2.45) is 11.1 Å². The summed E-state index contributed by atoms with van der Waals surface area (Å²) in [5, 5.41) is 2.78. The topological polar surface area (TPSA) is 105 Å². The van der Waals surface area contributed by atoms with Crippen LogP contribution in [0.1, 0.15) is 20.3 Å². The fraction of sp³-hybridized carbons (Fsp3) is 0.611. The molecule has 0 spiro atoms. The number of benzene rings is 1. The van der Waals surface area contributed by atoms with Crippen molar-refractivity contribution < 1.29 is 17.9 Å². The van der Waals surface area contributed by atoms with Crippen molar-refractivity contribution in [3.8, 4) is 5.75 Å². The second-order valence-electron chi connectivity index (χ2n) is 7.80. The van der Waals surface area contributed by atoms with Gasteiger partial charge in [0.1, 0.15) is 10.6 Å². The molecule has 2 rings (SSSR count). The minimum atomic E-state index is -3.69. The predicted octanol–water partition coefficient (Wildman–Crippen LogP) is 1.36. The third-order valence-corrected chi connectivity index (χ3v) is 6.80. The molecule has 1 aliphatic rings. The number of ether oxygens (including phenoxy) is 1. The van der Waals surface area contributed by atoms with E-state index in [1.54, 1.807) is 6.07 Å². The Morgan fingerprint density at radius 3 is 2.57 bits per heavy atom. The Balaban J connectivity index is 0.00000392. The molecule has 1 aromatic carbocycles. The number of carbonyl (C=O) groups excluding carboxylic acids is 1. The van der Waals surface area contributed by atoms with Gasteiger partial charge < -0.3 is 15.8 Å². The van der Waals surface area contributed by atoms with Crippen LogP contribution in [0.2, 0.25) is 0 Å². The lowest BCUT2D eigenvalue weighted by Gasteiger charge is -2.42. The van der Waals surface area contributed by atoms with Crippen LogP contribution in [-0.4, -0.2) is 70.4 Å². The number of methoxy groups -OCH3 is 1. The van der Waals surface area contributed by atoms with Crippen LogP contribution in [-0.2, 0) is 14.8 Å². The van der Waals surface area contributed by atoms with Crippen molar-refractivity contribution in [3.05, 3.63) is 18.2 Å². The summed E-state index contributed by atoms with van der Waals surface area (Å²) < 4.78 is 31.2. The van der Waals surface area contributed by atoms with Crippen LogP contribution in [0.5, 0.6) is 5.75 Å². The smallest absolute Gasteiger partial charge is 0.246 e. The van der Waals surface area contributed by atoms with E-state index >= 15 is 0 Å². The molecule has 0 aromatic heterocycles. The second-order valence-corrected chi connectivity index (χ2v) is 9.92. The molecule has 1 aliphatic heterocycles. The van der Waals surface area contributed by atoms with Crippen molar-refractivity contribution in [2.45, 2.75) is 31.2 Å². The molecule has 1 saturated heterocycles. The standard InChI is InChI=1S/C18H30N4O4S.ClH/c1-18(2)12-22(9-8-16(18)19)11-17(23)20-13-6-7-14(26-5)15(10-13)27(24,25)21(3)4;/h6-7,10,16H,8-9,11-12,19H2,1-5H3,(H,20,23);1H. The maximum absolute atomic E-state index is 12.5. The number of nitrogens with one attached hydrogen (secondary N) is 1. The van der Waals surface area contributed by atoms with Crippen molar-refractivity contribution in [1.29, 1.82) is 0 Å². The number of sulfonamides is 1. The molecule has 0 saturated carbocycles. The Bertz CT molecular complexity index is 799. The van der Waals surface area contributed by atoms with E-state index in [4.69, 9.17) is 10.5 Å². The van der Waals surface area contributed by atoms with Crippen LogP contribution in [0, 0.1) is 5.41 Å². The highest BCUT2D eigenvalue weighted by atomic mass is 35.5. The van der Waals surface area contributed by atoms with Gasteiger partial charge in [-0.25, -0.2) is 12.7 Å². The monoisotopic (exact) mass is 434 g/mol. The molecule has 1 unspecified atom stereocenters. The quantitative estimate of drug-likeness (QED) is 0.700. The van der Waals surface area contributed by atoms with Gasteiger partial charge in [0.2, 0.25) is 15.9 Å². The number of nitrogens with zero attached hydrogens (tertiary/aromatic N) is 2.